The molecule has 0 heterocycles. The fourth-order valence-corrected chi connectivity index (χ4v) is 1.84. The molecule has 0 aromatic heterocycles. The van der Waals surface area contributed by atoms with Crippen molar-refractivity contribution in [3.63, 3.8) is 0 Å². The number of aliphatic hydroxyl groups is 1. The molecule has 0 spiro atoms. The van der Waals surface area contributed by atoms with E-state index in [9.17, 15) is 5.11 Å². The molecule has 0 bridgehead atoms. The number of ether oxygens (including phenoxy) is 1. The van der Waals surface area contributed by atoms with Gasteiger partial charge in [-0.3, -0.25) is 0 Å². The Balaban J connectivity index is 1.55. The van der Waals surface area contributed by atoms with Gasteiger partial charge in [0.25, 0.3) is 0 Å². The quantitative estimate of drug-likeness (QED) is 0.716. The lowest BCUT2D eigenvalue weighted by atomic mass is 9.80. The molecule has 1 aliphatic rings. The molecule has 0 saturated heterocycles. The van der Waals surface area contributed by atoms with Crippen molar-refractivity contribution in [1.82, 2.24) is 5.32 Å². The van der Waals surface area contributed by atoms with Gasteiger partial charge in [-0.25, -0.2) is 0 Å². The van der Waals surface area contributed by atoms with Gasteiger partial charge in [0.05, 0.1) is 5.60 Å². The van der Waals surface area contributed by atoms with Crippen molar-refractivity contribution < 1.29 is 9.84 Å². The maximum absolute atomic E-state index is 9.82. The van der Waals surface area contributed by atoms with E-state index < -0.39 is 5.60 Å². The maximum Gasteiger partial charge on any atom is 0.119 e. The number of nitrogens with one attached hydrogen (secondary N) is 1. The Hall–Kier alpha value is -1.06. The molecule has 0 radical (unpaired) electrons. The van der Waals surface area contributed by atoms with Crippen LogP contribution in [0.1, 0.15) is 19.3 Å². The Morgan fingerprint density at radius 1 is 1.25 bits per heavy atom. The molecule has 0 unspecified atom stereocenters. The molecule has 1 aromatic carbocycles. The first-order valence-corrected chi connectivity index (χ1v) is 5.89. The third-order valence-electron chi connectivity index (χ3n) is 3.03. The van der Waals surface area contributed by atoms with E-state index in [-0.39, 0.29) is 0 Å². The summed E-state index contributed by atoms with van der Waals surface area (Å²) in [6.07, 6.45) is 3.01. The third kappa shape index (κ3) is 3.22. The van der Waals surface area contributed by atoms with Crippen LogP contribution in [0, 0.1) is 0 Å². The summed E-state index contributed by atoms with van der Waals surface area (Å²) in [6.45, 7) is 2.10. The van der Waals surface area contributed by atoms with Crippen LogP contribution in [0.3, 0.4) is 0 Å². The van der Waals surface area contributed by atoms with Gasteiger partial charge in [-0.15, -0.1) is 0 Å². The summed E-state index contributed by atoms with van der Waals surface area (Å²) in [5, 5.41) is 13.0. The first kappa shape index (κ1) is 11.4. The Morgan fingerprint density at radius 2 is 2.00 bits per heavy atom. The fraction of sp³-hybridized carbons (Fsp3) is 0.538. The van der Waals surface area contributed by atoms with Crippen LogP contribution < -0.4 is 10.1 Å². The third-order valence-corrected chi connectivity index (χ3v) is 3.03. The Bertz CT molecular complexity index is 309. The smallest absolute Gasteiger partial charge is 0.119 e. The number of hydrogen-bond acceptors (Lipinski definition) is 3. The molecule has 2 rings (SSSR count). The molecule has 0 atom stereocenters. The first-order valence-electron chi connectivity index (χ1n) is 5.89. The van der Waals surface area contributed by atoms with E-state index >= 15 is 0 Å². The van der Waals surface area contributed by atoms with E-state index in [1.165, 1.54) is 0 Å². The molecular weight excluding hydrogens is 202 g/mol. The second kappa shape index (κ2) is 5.32. The van der Waals surface area contributed by atoms with Gasteiger partial charge in [-0.05, 0) is 31.4 Å². The van der Waals surface area contributed by atoms with E-state index in [4.69, 9.17) is 4.74 Å². The topological polar surface area (TPSA) is 41.5 Å². The highest BCUT2D eigenvalue weighted by atomic mass is 16.5. The normalized spacial score (nSPS) is 17.8. The van der Waals surface area contributed by atoms with Crippen LogP contribution in [0.2, 0.25) is 0 Å². The standard InChI is InChI=1S/C13H19NO2/c15-13(7-4-8-13)11-14-9-10-16-12-5-2-1-3-6-12/h1-3,5-6,14-15H,4,7-11H2. The highest BCUT2D eigenvalue weighted by molar-refractivity contribution is 5.20. The predicted octanol–water partition coefficient (Wildman–Crippen LogP) is 1.57. The molecule has 0 amide bonds. The van der Waals surface area contributed by atoms with Gasteiger partial charge in [-0.2, -0.15) is 0 Å². The second-order valence-corrected chi connectivity index (χ2v) is 4.42. The van der Waals surface area contributed by atoms with E-state index in [1.54, 1.807) is 0 Å². The van der Waals surface area contributed by atoms with Crippen LogP contribution in [-0.2, 0) is 0 Å². The summed E-state index contributed by atoms with van der Waals surface area (Å²) in [7, 11) is 0. The van der Waals surface area contributed by atoms with Crippen molar-refractivity contribution in [2.24, 2.45) is 0 Å². The molecule has 1 fully saturated rings. The molecule has 1 aromatic rings. The Kier molecular flexibility index (Phi) is 3.80. The summed E-state index contributed by atoms with van der Waals surface area (Å²) >= 11 is 0. The van der Waals surface area contributed by atoms with Gasteiger partial charge in [0, 0.05) is 13.1 Å². The average Bonchev–Trinajstić information content (AvgIpc) is 2.28. The van der Waals surface area contributed by atoms with Crippen LogP contribution in [0.25, 0.3) is 0 Å². The minimum Gasteiger partial charge on any atom is -0.492 e. The lowest BCUT2D eigenvalue weighted by molar-refractivity contribution is -0.0314. The molecule has 3 nitrogen and oxygen atoms in total. The molecular formula is C13H19NO2. The molecule has 2 N–H and O–H groups in total. The largest absolute Gasteiger partial charge is 0.492 e. The minimum absolute atomic E-state index is 0.438. The van der Waals surface area contributed by atoms with Gasteiger partial charge < -0.3 is 15.2 Å². The van der Waals surface area contributed by atoms with Gasteiger partial charge in [0.1, 0.15) is 12.4 Å². The van der Waals surface area contributed by atoms with Crippen LogP contribution in [0.4, 0.5) is 0 Å². The second-order valence-electron chi connectivity index (χ2n) is 4.42. The summed E-state index contributed by atoms with van der Waals surface area (Å²) in [6, 6.07) is 9.77. The molecule has 1 aliphatic carbocycles. The van der Waals surface area contributed by atoms with E-state index in [1.807, 2.05) is 30.3 Å². The minimum atomic E-state index is -0.438. The lowest BCUT2D eigenvalue weighted by Gasteiger charge is -2.36. The summed E-state index contributed by atoms with van der Waals surface area (Å²) in [5.74, 6) is 0.895. The molecule has 3 heteroatoms. The van der Waals surface area contributed by atoms with Crippen LogP contribution in [-0.4, -0.2) is 30.4 Å². The van der Waals surface area contributed by atoms with Crippen molar-refractivity contribution in [1.29, 1.82) is 0 Å². The monoisotopic (exact) mass is 221 g/mol. The average molecular weight is 221 g/mol. The van der Waals surface area contributed by atoms with Gasteiger partial charge in [0.15, 0.2) is 0 Å². The van der Waals surface area contributed by atoms with Crippen molar-refractivity contribution in [2.45, 2.75) is 24.9 Å². The zero-order valence-electron chi connectivity index (χ0n) is 9.48. The van der Waals surface area contributed by atoms with Gasteiger partial charge >= 0.3 is 0 Å². The van der Waals surface area contributed by atoms with Crippen LogP contribution >= 0.6 is 0 Å². The number of hydrogen-bond donors (Lipinski definition) is 2. The SMILES string of the molecule is OC1(CNCCOc2ccccc2)CCC1. The zero-order chi connectivity index (χ0) is 11.3. The lowest BCUT2D eigenvalue weighted by Crippen LogP contribution is -2.46. The van der Waals surface area contributed by atoms with Gasteiger partial charge in [0.2, 0.25) is 0 Å². The Labute approximate surface area is 96.4 Å². The molecule has 16 heavy (non-hydrogen) atoms. The molecule has 1 saturated carbocycles. The van der Waals surface area contributed by atoms with Crippen molar-refractivity contribution in [3.8, 4) is 5.75 Å². The predicted molar refractivity (Wildman–Crippen MR) is 63.6 cm³/mol. The van der Waals surface area contributed by atoms with Crippen molar-refractivity contribution in [3.05, 3.63) is 30.3 Å². The van der Waals surface area contributed by atoms with Crippen LogP contribution in [0.5, 0.6) is 5.75 Å². The van der Waals surface area contributed by atoms with Crippen molar-refractivity contribution in [2.75, 3.05) is 19.7 Å². The van der Waals surface area contributed by atoms with Crippen molar-refractivity contribution >= 4 is 0 Å². The maximum atomic E-state index is 9.82. The fourth-order valence-electron chi connectivity index (χ4n) is 1.84. The van der Waals surface area contributed by atoms with E-state index in [2.05, 4.69) is 5.32 Å². The summed E-state index contributed by atoms with van der Waals surface area (Å²) in [5.41, 5.74) is -0.438. The Morgan fingerprint density at radius 3 is 2.62 bits per heavy atom. The van der Waals surface area contributed by atoms with E-state index in [0.29, 0.717) is 13.2 Å². The highest BCUT2D eigenvalue weighted by Crippen LogP contribution is 2.30. The zero-order valence-corrected chi connectivity index (χ0v) is 9.48. The summed E-state index contributed by atoms with van der Waals surface area (Å²) in [4.78, 5) is 0. The molecule has 88 valence electrons. The summed E-state index contributed by atoms with van der Waals surface area (Å²) < 4.78 is 5.53. The van der Waals surface area contributed by atoms with Gasteiger partial charge in [-0.1, -0.05) is 18.2 Å². The number of para-hydroxylation sites is 1. The highest BCUT2D eigenvalue weighted by Gasteiger charge is 2.33. The van der Waals surface area contributed by atoms with Crippen LogP contribution in [0.15, 0.2) is 30.3 Å². The molecule has 0 aliphatic heterocycles. The number of rotatable bonds is 6. The number of benzene rings is 1. The van der Waals surface area contributed by atoms with E-state index in [0.717, 1.165) is 31.6 Å². The first-order chi connectivity index (χ1) is 7.79.